The number of esters is 1. The quantitative estimate of drug-likeness (QED) is 0.325. The first-order valence-electron chi connectivity index (χ1n) is 11.9. The smallest absolute Gasteiger partial charge is 0.339 e. The van der Waals surface area contributed by atoms with Crippen molar-refractivity contribution in [3.63, 3.8) is 0 Å². The molecule has 4 bridgehead atoms. The molecule has 4 aliphatic rings. The maximum atomic E-state index is 13.0. The standard InChI is InChI=1S/C27H28FNO4S/c28-21-7-5-20(6-8-21)23(30)15-33-26(32)22-3-1-2-4-24(22)34-16-25(31)29-27-12-17-9-18(13-27)11-19(10-17)14-27/h1-8,17-19H,9-16H2,(H,29,31). The van der Waals surface area contributed by atoms with Crippen LogP contribution in [-0.2, 0) is 9.53 Å². The summed E-state index contributed by atoms with van der Waals surface area (Å²) in [5.41, 5.74) is 0.561. The molecule has 0 aliphatic heterocycles. The third-order valence-corrected chi connectivity index (χ3v) is 8.48. The second-order valence-corrected chi connectivity index (χ2v) is 11.1. The Kier molecular flexibility index (Phi) is 6.47. The fourth-order valence-corrected chi connectivity index (χ4v) is 7.27. The number of benzene rings is 2. The monoisotopic (exact) mass is 481 g/mol. The van der Waals surface area contributed by atoms with Crippen molar-refractivity contribution < 1.29 is 23.5 Å². The Hall–Kier alpha value is -2.67. The van der Waals surface area contributed by atoms with E-state index in [2.05, 4.69) is 5.32 Å². The molecule has 2 aromatic rings. The van der Waals surface area contributed by atoms with Crippen molar-refractivity contribution in [2.45, 2.75) is 49.0 Å². The zero-order chi connectivity index (χ0) is 23.7. The van der Waals surface area contributed by atoms with E-state index < -0.39 is 24.2 Å². The molecule has 7 heteroatoms. The van der Waals surface area contributed by atoms with Gasteiger partial charge in [0, 0.05) is 16.0 Å². The molecular formula is C27H28FNO4S. The minimum Gasteiger partial charge on any atom is -0.454 e. The summed E-state index contributed by atoms with van der Waals surface area (Å²) in [7, 11) is 0. The fraction of sp³-hybridized carbons (Fsp3) is 0.444. The van der Waals surface area contributed by atoms with Crippen LogP contribution in [0.2, 0.25) is 0 Å². The molecule has 4 saturated carbocycles. The van der Waals surface area contributed by atoms with Gasteiger partial charge in [-0.25, -0.2) is 9.18 Å². The number of thioether (sulfide) groups is 1. The van der Waals surface area contributed by atoms with Gasteiger partial charge in [0.15, 0.2) is 12.4 Å². The van der Waals surface area contributed by atoms with Crippen LogP contribution < -0.4 is 5.32 Å². The molecule has 0 unspecified atom stereocenters. The van der Waals surface area contributed by atoms with E-state index >= 15 is 0 Å². The molecule has 0 saturated heterocycles. The van der Waals surface area contributed by atoms with Gasteiger partial charge in [0.1, 0.15) is 5.82 Å². The highest BCUT2D eigenvalue weighted by Gasteiger charge is 2.51. The van der Waals surface area contributed by atoms with E-state index in [4.69, 9.17) is 4.74 Å². The molecule has 1 amide bonds. The largest absolute Gasteiger partial charge is 0.454 e. The normalized spacial score (nSPS) is 26.8. The van der Waals surface area contributed by atoms with E-state index in [1.54, 1.807) is 24.3 Å². The lowest BCUT2D eigenvalue weighted by molar-refractivity contribution is -0.124. The predicted octanol–water partition coefficient (Wildman–Crippen LogP) is 5.04. The molecule has 2 aromatic carbocycles. The second-order valence-electron chi connectivity index (χ2n) is 10.0. The topological polar surface area (TPSA) is 72.5 Å². The van der Waals surface area contributed by atoms with E-state index in [1.165, 1.54) is 55.3 Å². The summed E-state index contributed by atoms with van der Waals surface area (Å²) in [6, 6.07) is 12.0. The molecule has 0 atom stereocenters. The zero-order valence-electron chi connectivity index (χ0n) is 18.9. The lowest BCUT2D eigenvalue weighted by Gasteiger charge is -2.56. The summed E-state index contributed by atoms with van der Waals surface area (Å²) in [5.74, 6) is 1.02. The number of carbonyl (C=O) groups excluding carboxylic acids is 3. The van der Waals surface area contributed by atoms with E-state index in [0.29, 0.717) is 10.5 Å². The maximum Gasteiger partial charge on any atom is 0.339 e. The SMILES string of the molecule is O=C(CSc1ccccc1C(=O)OCC(=O)c1ccc(F)cc1)NC12CC3CC(CC(C3)C1)C2. The van der Waals surface area contributed by atoms with E-state index in [9.17, 15) is 18.8 Å². The number of ether oxygens (including phenoxy) is 1. The van der Waals surface area contributed by atoms with Crippen LogP contribution in [0.1, 0.15) is 59.2 Å². The molecule has 6 rings (SSSR count). The number of hydrogen-bond donors (Lipinski definition) is 1. The lowest BCUT2D eigenvalue weighted by Crippen LogP contribution is -2.60. The number of Topliss-reactive ketones (excluding diaryl/α,β-unsaturated/α-hetero) is 1. The van der Waals surface area contributed by atoms with Gasteiger partial charge in [0.25, 0.3) is 0 Å². The Morgan fingerprint density at radius 2 is 1.56 bits per heavy atom. The Labute approximate surface area is 202 Å². The van der Waals surface area contributed by atoms with E-state index in [0.717, 1.165) is 37.0 Å². The van der Waals surface area contributed by atoms with Crippen molar-refractivity contribution in [3.8, 4) is 0 Å². The van der Waals surface area contributed by atoms with Crippen LogP contribution in [0.25, 0.3) is 0 Å². The number of rotatable bonds is 8. The highest BCUT2D eigenvalue weighted by Crippen LogP contribution is 2.55. The average Bonchev–Trinajstić information content (AvgIpc) is 2.80. The van der Waals surface area contributed by atoms with Gasteiger partial charge >= 0.3 is 5.97 Å². The summed E-state index contributed by atoms with van der Waals surface area (Å²) in [6.45, 7) is -0.435. The Morgan fingerprint density at radius 1 is 0.941 bits per heavy atom. The van der Waals surface area contributed by atoms with Crippen LogP contribution in [0.3, 0.4) is 0 Å². The summed E-state index contributed by atoms with van der Waals surface area (Å²) >= 11 is 1.30. The molecule has 0 spiro atoms. The van der Waals surface area contributed by atoms with Crippen molar-refractivity contribution in [1.82, 2.24) is 5.32 Å². The van der Waals surface area contributed by atoms with Crippen LogP contribution >= 0.6 is 11.8 Å². The Bertz CT molecular complexity index is 1060. The molecule has 4 aliphatic carbocycles. The van der Waals surface area contributed by atoms with Gasteiger partial charge in [0.05, 0.1) is 11.3 Å². The molecular weight excluding hydrogens is 453 g/mol. The summed E-state index contributed by atoms with van der Waals surface area (Å²) in [4.78, 5) is 38.4. The van der Waals surface area contributed by atoms with Crippen molar-refractivity contribution >= 4 is 29.4 Å². The summed E-state index contributed by atoms with van der Waals surface area (Å²) < 4.78 is 18.3. The summed E-state index contributed by atoms with van der Waals surface area (Å²) in [5, 5.41) is 3.36. The van der Waals surface area contributed by atoms with Gasteiger partial charge in [-0.1, -0.05) is 12.1 Å². The minimum atomic E-state index is -0.625. The molecule has 4 fully saturated rings. The van der Waals surface area contributed by atoms with Gasteiger partial charge < -0.3 is 10.1 Å². The lowest BCUT2D eigenvalue weighted by atomic mass is 9.53. The van der Waals surface area contributed by atoms with Gasteiger partial charge in [-0.3, -0.25) is 9.59 Å². The van der Waals surface area contributed by atoms with Crippen molar-refractivity contribution in [2.75, 3.05) is 12.4 Å². The number of hydrogen-bond acceptors (Lipinski definition) is 5. The minimum absolute atomic E-state index is 0.00149. The zero-order valence-corrected chi connectivity index (χ0v) is 19.7. The molecule has 178 valence electrons. The Morgan fingerprint density at radius 3 is 2.21 bits per heavy atom. The third kappa shape index (κ3) is 5.04. The van der Waals surface area contributed by atoms with Gasteiger partial charge in [-0.05, 0) is 92.7 Å². The van der Waals surface area contributed by atoms with Crippen molar-refractivity contribution in [1.29, 1.82) is 0 Å². The van der Waals surface area contributed by atoms with Crippen molar-refractivity contribution in [3.05, 3.63) is 65.5 Å². The number of amides is 1. The Balaban J connectivity index is 1.16. The first-order chi connectivity index (χ1) is 16.4. The highest BCUT2D eigenvalue weighted by molar-refractivity contribution is 8.00. The number of carbonyl (C=O) groups is 3. The first-order valence-corrected chi connectivity index (χ1v) is 12.9. The molecule has 34 heavy (non-hydrogen) atoms. The van der Waals surface area contributed by atoms with Crippen molar-refractivity contribution in [2.24, 2.45) is 17.8 Å². The van der Waals surface area contributed by atoms with Crippen LogP contribution in [0.4, 0.5) is 4.39 Å². The first kappa shape index (κ1) is 23.1. The molecule has 0 heterocycles. The molecule has 0 aromatic heterocycles. The number of ketones is 1. The van der Waals surface area contributed by atoms with Crippen LogP contribution in [0, 0.1) is 23.6 Å². The molecule has 5 nitrogen and oxygen atoms in total. The molecule has 1 N–H and O–H groups in total. The van der Waals surface area contributed by atoms with E-state index in [1.807, 2.05) is 0 Å². The van der Waals surface area contributed by atoms with Gasteiger partial charge in [-0.2, -0.15) is 0 Å². The third-order valence-electron chi connectivity index (χ3n) is 7.41. The average molecular weight is 482 g/mol. The fourth-order valence-electron chi connectivity index (χ4n) is 6.43. The molecule has 0 radical (unpaired) electrons. The highest BCUT2D eigenvalue weighted by atomic mass is 32.2. The number of halogens is 1. The van der Waals surface area contributed by atoms with E-state index in [-0.39, 0.29) is 22.8 Å². The van der Waals surface area contributed by atoms with Gasteiger partial charge in [0.2, 0.25) is 5.91 Å². The van der Waals surface area contributed by atoms with Gasteiger partial charge in [-0.15, -0.1) is 11.8 Å². The number of nitrogens with one attached hydrogen (secondary N) is 1. The summed E-state index contributed by atoms with van der Waals surface area (Å²) in [6.07, 6.45) is 7.26. The predicted molar refractivity (Wildman–Crippen MR) is 127 cm³/mol. The second kappa shape index (κ2) is 9.53. The maximum absolute atomic E-state index is 13.0. The van der Waals surface area contributed by atoms with Crippen LogP contribution in [0.15, 0.2) is 53.4 Å². The van der Waals surface area contributed by atoms with Crippen LogP contribution in [-0.4, -0.2) is 35.6 Å². The van der Waals surface area contributed by atoms with Crippen LogP contribution in [0.5, 0.6) is 0 Å².